The molecule has 1 aromatic carbocycles. The fraction of sp³-hybridized carbons (Fsp3) is 0.308. The highest BCUT2D eigenvalue weighted by Crippen LogP contribution is 2.32. The van der Waals surface area contributed by atoms with Gasteiger partial charge in [-0.2, -0.15) is 0 Å². The monoisotopic (exact) mass is 287 g/mol. The van der Waals surface area contributed by atoms with Gasteiger partial charge in [0.1, 0.15) is 0 Å². The molecule has 1 heterocycles. The van der Waals surface area contributed by atoms with E-state index in [0.29, 0.717) is 12.0 Å². The molecular formula is C13H12ClF2NS. The molecular weight excluding hydrogens is 276 g/mol. The molecule has 2 rings (SSSR count). The van der Waals surface area contributed by atoms with Gasteiger partial charge in [0, 0.05) is 4.88 Å². The van der Waals surface area contributed by atoms with Gasteiger partial charge in [0.25, 0.3) is 0 Å². The summed E-state index contributed by atoms with van der Waals surface area (Å²) in [5.74, 6) is -1.68. The van der Waals surface area contributed by atoms with Crippen molar-refractivity contribution in [2.24, 2.45) is 0 Å². The first kappa shape index (κ1) is 13.4. The quantitative estimate of drug-likeness (QED) is 0.754. The Kier molecular flexibility index (Phi) is 3.97. The molecule has 18 heavy (non-hydrogen) atoms. The number of nitrogens with zero attached hydrogens (tertiary/aromatic N) is 1. The van der Waals surface area contributed by atoms with Gasteiger partial charge in [-0.25, -0.2) is 13.8 Å². The molecule has 0 aliphatic carbocycles. The van der Waals surface area contributed by atoms with Crippen LogP contribution in [0.3, 0.4) is 0 Å². The zero-order valence-corrected chi connectivity index (χ0v) is 11.6. The molecule has 0 bridgehead atoms. The second kappa shape index (κ2) is 5.33. The highest BCUT2D eigenvalue weighted by molar-refractivity contribution is 7.12. The van der Waals surface area contributed by atoms with Crippen LogP contribution in [0, 0.1) is 25.5 Å². The molecule has 0 saturated carbocycles. The fourth-order valence-electron chi connectivity index (χ4n) is 1.80. The van der Waals surface area contributed by atoms with Crippen molar-refractivity contribution in [1.29, 1.82) is 0 Å². The number of alkyl halides is 1. The van der Waals surface area contributed by atoms with Crippen molar-refractivity contribution in [1.82, 2.24) is 4.98 Å². The van der Waals surface area contributed by atoms with Gasteiger partial charge in [-0.15, -0.1) is 22.9 Å². The molecule has 0 amide bonds. The van der Waals surface area contributed by atoms with Crippen LogP contribution in [0.4, 0.5) is 8.78 Å². The van der Waals surface area contributed by atoms with Gasteiger partial charge in [-0.3, -0.25) is 0 Å². The Bertz CT molecular complexity index is 568. The van der Waals surface area contributed by atoms with Crippen LogP contribution in [0.5, 0.6) is 0 Å². The van der Waals surface area contributed by atoms with Gasteiger partial charge in [0.2, 0.25) is 0 Å². The van der Waals surface area contributed by atoms with E-state index in [1.165, 1.54) is 17.4 Å². The molecule has 1 atom stereocenters. The number of benzene rings is 1. The summed E-state index contributed by atoms with van der Waals surface area (Å²) in [6.07, 6.45) is 0.460. The zero-order chi connectivity index (χ0) is 13.3. The molecule has 1 aromatic heterocycles. The van der Waals surface area contributed by atoms with Crippen LogP contribution in [0.1, 0.15) is 26.5 Å². The normalized spacial score (nSPS) is 12.7. The molecule has 0 aliphatic rings. The van der Waals surface area contributed by atoms with Crippen LogP contribution in [-0.4, -0.2) is 4.98 Å². The van der Waals surface area contributed by atoms with Crippen LogP contribution in [-0.2, 0) is 6.42 Å². The van der Waals surface area contributed by atoms with Crippen LogP contribution in [0.25, 0.3) is 0 Å². The number of hydrogen-bond acceptors (Lipinski definition) is 2. The van der Waals surface area contributed by atoms with E-state index in [9.17, 15) is 8.78 Å². The van der Waals surface area contributed by atoms with Crippen molar-refractivity contribution in [3.63, 3.8) is 0 Å². The molecule has 0 saturated heterocycles. The van der Waals surface area contributed by atoms with Crippen molar-refractivity contribution in [3.05, 3.63) is 51.0 Å². The van der Waals surface area contributed by atoms with Gasteiger partial charge in [0.05, 0.1) is 16.1 Å². The number of hydrogen-bond donors (Lipinski definition) is 0. The lowest BCUT2D eigenvalue weighted by molar-refractivity contribution is 0.507. The molecule has 1 nitrogen and oxygen atoms in total. The average Bonchev–Trinajstić information content (AvgIpc) is 2.63. The van der Waals surface area contributed by atoms with E-state index in [4.69, 9.17) is 11.6 Å². The first-order valence-electron chi connectivity index (χ1n) is 5.49. The van der Waals surface area contributed by atoms with Crippen LogP contribution in [0.15, 0.2) is 18.2 Å². The first-order chi connectivity index (χ1) is 8.47. The van der Waals surface area contributed by atoms with Gasteiger partial charge in [0.15, 0.2) is 11.6 Å². The molecule has 0 radical (unpaired) electrons. The number of halogens is 3. The van der Waals surface area contributed by atoms with Gasteiger partial charge >= 0.3 is 0 Å². The summed E-state index contributed by atoms with van der Waals surface area (Å²) in [4.78, 5) is 5.29. The Balaban J connectivity index is 2.18. The third-order valence-electron chi connectivity index (χ3n) is 2.62. The molecule has 0 aliphatic heterocycles. The molecule has 0 N–H and O–H groups in total. The van der Waals surface area contributed by atoms with Gasteiger partial charge in [-0.1, -0.05) is 6.07 Å². The Hall–Kier alpha value is -1.00. The fourth-order valence-corrected chi connectivity index (χ4v) is 3.18. The van der Waals surface area contributed by atoms with E-state index in [-0.39, 0.29) is 5.38 Å². The van der Waals surface area contributed by atoms with Crippen LogP contribution >= 0.6 is 22.9 Å². The smallest absolute Gasteiger partial charge is 0.159 e. The summed E-state index contributed by atoms with van der Waals surface area (Å²) in [5, 5.41) is 0.694. The van der Waals surface area contributed by atoms with E-state index >= 15 is 0 Å². The summed E-state index contributed by atoms with van der Waals surface area (Å²) in [6.45, 7) is 3.82. The largest absolute Gasteiger partial charge is 0.247 e. The minimum atomic E-state index is -0.839. The minimum Gasteiger partial charge on any atom is -0.247 e. The highest BCUT2D eigenvalue weighted by atomic mass is 35.5. The maximum absolute atomic E-state index is 13.1. The van der Waals surface area contributed by atoms with Crippen molar-refractivity contribution < 1.29 is 8.78 Å². The van der Waals surface area contributed by atoms with Gasteiger partial charge in [-0.05, 0) is 38.0 Å². The third kappa shape index (κ3) is 2.87. The molecule has 1 unspecified atom stereocenters. The summed E-state index contributed by atoms with van der Waals surface area (Å²) in [6, 6.07) is 3.87. The van der Waals surface area contributed by atoms with Crippen LogP contribution in [0.2, 0.25) is 0 Å². The van der Waals surface area contributed by atoms with E-state index < -0.39 is 11.6 Å². The molecule has 2 aromatic rings. The Labute approximate surface area is 113 Å². The van der Waals surface area contributed by atoms with Crippen molar-refractivity contribution in [2.75, 3.05) is 0 Å². The standard InChI is InChI=1S/C13H12ClF2NS/c1-7-13(18-8(2)17-7)10(14)5-9-3-4-11(15)12(16)6-9/h3-4,6,10H,5H2,1-2H3. The van der Waals surface area contributed by atoms with Crippen molar-refractivity contribution in [2.45, 2.75) is 25.6 Å². The lowest BCUT2D eigenvalue weighted by Gasteiger charge is -2.08. The maximum atomic E-state index is 13.1. The zero-order valence-electron chi connectivity index (χ0n) is 10.0. The highest BCUT2D eigenvalue weighted by Gasteiger charge is 2.16. The average molecular weight is 288 g/mol. The van der Waals surface area contributed by atoms with E-state index in [0.717, 1.165) is 21.6 Å². The van der Waals surface area contributed by atoms with Crippen LogP contribution < -0.4 is 0 Å². The Morgan fingerprint density at radius 1 is 1.28 bits per heavy atom. The predicted octanol–water partition coefficient (Wildman–Crippen LogP) is 4.56. The minimum absolute atomic E-state index is 0.263. The first-order valence-corrected chi connectivity index (χ1v) is 6.74. The van der Waals surface area contributed by atoms with Gasteiger partial charge < -0.3 is 0 Å². The summed E-state index contributed by atoms with van der Waals surface area (Å²) in [7, 11) is 0. The number of aromatic nitrogens is 1. The summed E-state index contributed by atoms with van der Waals surface area (Å²) < 4.78 is 25.9. The Morgan fingerprint density at radius 2 is 2.00 bits per heavy atom. The van der Waals surface area contributed by atoms with E-state index in [1.54, 1.807) is 6.07 Å². The lowest BCUT2D eigenvalue weighted by Crippen LogP contribution is -1.97. The van der Waals surface area contributed by atoms with Crippen molar-refractivity contribution >= 4 is 22.9 Å². The summed E-state index contributed by atoms with van der Waals surface area (Å²) in [5.41, 5.74) is 1.58. The second-order valence-electron chi connectivity index (χ2n) is 4.10. The van der Waals surface area contributed by atoms with E-state index in [1.807, 2.05) is 13.8 Å². The number of rotatable bonds is 3. The maximum Gasteiger partial charge on any atom is 0.159 e. The topological polar surface area (TPSA) is 12.9 Å². The molecule has 5 heteroatoms. The van der Waals surface area contributed by atoms with E-state index in [2.05, 4.69) is 4.98 Å². The predicted molar refractivity (Wildman–Crippen MR) is 70.2 cm³/mol. The summed E-state index contributed by atoms with van der Waals surface area (Å²) >= 11 is 7.84. The molecule has 96 valence electrons. The molecule has 0 spiro atoms. The second-order valence-corrected chi connectivity index (χ2v) is 5.86. The number of aryl methyl sites for hydroxylation is 2. The third-order valence-corrected chi connectivity index (χ3v) is 4.31. The lowest BCUT2D eigenvalue weighted by atomic mass is 10.1. The number of thiazole rings is 1. The molecule has 0 fully saturated rings. The Morgan fingerprint density at radius 3 is 2.56 bits per heavy atom. The van der Waals surface area contributed by atoms with Crippen molar-refractivity contribution in [3.8, 4) is 0 Å². The SMILES string of the molecule is Cc1nc(C)c(C(Cl)Cc2ccc(F)c(F)c2)s1.